The molecular formula is C7H8O4. The van der Waals surface area contributed by atoms with Crippen molar-refractivity contribution >= 4 is 5.97 Å². The molecule has 0 bridgehead atoms. The van der Waals surface area contributed by atoms with E-state index in [-0.39, 0.29) is 0 Å². The van der Waals surface area contributed by atoms with E-state index in [1.165, 1.54) is 13.4 Å². The summed E-state index contributed by atoms with van der Waals surface area (Å²) in [6.07, 6.45) is 4.45. The van der Waals surface area contributed by atoms with Gasteiger partial charge in [-0.25, -0.2) is 4.79 Å². The minimum atomic E-state index is -0.438. The molecule has 0 spiro atoms. The second-order valence-corrected chi connectivity index (χ2v) is 1.85. The maximum absolute atomic E-state index is 10.8. The zero-order valence-electron chi connectivity index (χ0n) is 6.07. The quantitative estimate of drug-likeness (QED) is 0.411. The Balaban J connectivity index is 2.67. The molecule has 4 nitrogen and oxygen atoms in total. The molecule has 0 radical (unpaired) electrons. The van der Waals surface area contributed by atoms with Crippen LogP contribution in [0.2, 0.25) is 0 Å². The molecule has 60 valence electrons. The van der Waals surface area contributed by atoms with Gasteiger partial charge in [-0.3, -0.25) is 0 Å². The second-order valence-electron chi connectivity index (χ2n) is 1.85. The van der Waals surface area contributed by atoms with E-state index in [2.05, 4.69) is 14.5 Å². The Bertz CT molecular complexity index is 204. The van der Waals surface area contributed by atoms with Gasteiger partial charge in [0, 0.05) is 0 Å². The van der Waals surface area contributed by atoms with E-state index < -0.39 is 5.97 Å². The summed E-state index contributed by atoms with van der Waals surface area (Å²) in [4.78, 5) is 19.9. The number of rotatable bonds is 1. The summed E-state index contributed by atoms with van der Waals surface area (Å²) in [5.41, 5.74) is 0.338. The van der Waals surface area contributed by atoms with Crippen LogP contribution in [0.1, 0.15) is 0 Å². The third-order valence-electron chi connectivity index (χ3n) is 1.13. The molecule has 0 aromatic rings. The first-order valence-corrected chi connectivity index (χ1v) is 3.08. The number of carbonyl (C=O) groups is 1. The molecule has 0 saturated carbocycles. The number of methoxy groups -OCH3 is 1. The highest BCUT2D eigenvalue weighted by Gasteiger charge is 2.07. The maximum Gasteiger partial charge on any atom is 0.341 e. The predicted molar refractivity (Wildman–Crippen MR) is 36.3 cm³/mol. The van der Waals surface area contributed by atoms with Crippen LogP contribution in [0, 0.1) is 0 Å². The average molecular weight is 156 g/mol. The van der Waals surface area contributed by atoms with Crippen LogP contribution >= 0.6 is 0 Å². The Hall–Kier alpha value is -1.29. The van der Waals surface area contributed by atoms with Crippen molar-refractivity contribution in [3.8, 4) is 0 Å². The monoisotopic (exact) mass is 156 g/mol. The van der Waals surface area contributed by atoms with Crippen LogP contribution in [0.15, 0.2) is 24.0 Å². The minimum absolute atomic E-state index is 0.330. The van der Waals surface area contributed by atoms with Crippen LogP contribution in [0.4, 0.5) is 0 Å². The van der Waals surface area contributed by atoms with Crippen molar-refractivity contribution in [3.63, 3.8) is 0 Å². The van der Waals surface area contributed by atoms with Crippen molar-refractivity contribution < 1.29 is 19.3 Å². The van der Waals surface area contributed by atoms with Crippen molar-refractivity contribution in [2.45, 2.75) is 0 Å². The van der Waals surface area contributed by atoms with Crippen LogP contribution in [0.5, 0.6) is 0 Å². The molecule has 0 unspecified atom stereocenters. The van der Waals surface area contributed by atoms with Crippen LogP contribution in [-0.2, 0) is 19.3 Å². The summed E-state index contributed by atoms with van der Waals surface area (Å²) in [5, 5.41) is 0. The zero-order chi connectivity index (χ0) is 8.10. The van der Waals surface area contributed by atoms with E-state index in [4.69, 9.17) is 0 Å². The lowest BCUT2D eigenvalue weighted by atomic mass is 10.3. The van der Waals surface area contributed by atoms with Gasteiger partial charge < -0.3 is 9.62 Å². The van der Waals surface area contributed by atoms with Gasteiger partial charge in [0.15, 0.2) is 0 Å². The smallest absolute Gasteiger partial charge is 0.341 e. The molecule has 4 heteroatoms. The average Bonchev–Trinajstić information content (AvgIpc) is 2.30. The molecule has 0 aliphatic carbocycles. The van der Waals surface area contributed by atoms with Crippen molar-refractivity contribution in [3.05, 3.63) is 24.0 Å². The van der Waals surface area contributed by atoms with E-state index in [9.17, 15) is 4.79 Å². The third-order valence-corrected chi connectivity index (χ3v) is 1.13. The Morgan fingerprint density at radius 2 is 2.55 bits per heavy atom. The fourth-order valence-electron chi connectivity index (χ4n) is 0.613. The lowest BCUT2D eigenvalue weighted by Gasteiger charge is -1.96. The number of esters is 1. The van der Waals surface area contributed by atoms with Gasteiger partial charge in [0.2, 0.25) is 0 Å². The first-order chi connectivity index (χ1) is 5.34. The fraction of sp³-hybridized carbons (Fsp3) is 0.286. The standard InChI is InChI=1S/C7H8O4/c1-9-7(8)6-3-2-4-10-11-5-6/h2-3,5H,4H2,1H3. The lowest BCUT2D eigenvalue weighted by Crippen LogP contribution is -2.02. The van der Waals surface area contributed by atoms with Crippen molar-refractivity contribution in [2.24, 2.45) is 0 Å². The molecule has 0 N–H and O–H groups in total. The lowest BCUT2D eigenvalue weighted by molar-refractivity contribution is -0.238. The van der Waals surface area contributed by atoms with E-state index in [1.807, 2.05) is 0 Å². The molecule has 11 heavy (non-hydrogen) atoms. The van der Waals surface area contributed by atoms with Crippen molar-refractivity contribution in [1.29, 1.82) is 0 Å². The van der Waals surface area contributed by atoms with Gasteiger partial charge in [0.25, 0.3) is 0 Å². The largest absolute Gasteiger partial charge is 0.465 e. The number of ether oxygens (including phenoxy) is 1. The number of hydrogen-bond donors (Lipinski definition) is 0. The Morgan fingerprint density at radius 3 is 3.27 bits per heavy atom. The molecule has 0 atom stereocenters. The summed E-state index contributed by atoms with van der Waals surface area (Å²) in [6, 6.07) is 0. The Labute approximate surface area is 64.0 Å². The second kappa shape index (κ2) is 3.78. The van der Waals surface area contributed by atoms with Crippen LogP contribution in [-0.4, -0.2) is 19.7 Å². The van der Waals surface area contributed by atoms with Crippen molar-refractivity contribution in [1.82, 2.24) is 0 Å². The Morgan fingerprint density at radius 1 is 1.73 bits per heavy atom. The third kappa shape index (κ3) is 2.09. The predicted octanol–water partition coefficient (Wildman–Crippen LogP) is 0.561. The van der Waals surface area contributed by atoms with Crippen LogP contribution < -0.4 is 0 Å². The van der Waals surface area contributed by atoms with Gasteiger partial charge >= 0.3 is 5.97 Å². The summed E-state index contributed by atoms with van der Waals surface area (Å²) in [7, 11) is 1.31. The molecule has 0 amide bonds. The SMILES string of the molecule is COC(=O)C1=COOCC=C1. The highest BCUT2D eigenvalue weighted by atomic mass is 17.2. The van der Waals surface area contributed by atoms with Crippen LogP contribution in [0.3, 0.4) is 0 Å². The number of hydrogen-bond acceptors (Lipinski definition) is 4. The highest BCUT2D eigenvalue weighted by Crippen LogP contribution is 2.03. The molecule has 0 fully saturated rings. The number of carbonyl (C=O) groups excluding carboxylic acids is 1. The Kier molecular flexibility index (Phi) is 2.68. The molecular weight excluding hydrogens is 148 g/mol. The van der Waals surface area contributed by atoms with E-state index in [1.54, 1.807) is 12.2 Å². The molecule has 0 aromatic heterocycles. The minimum Gasteiger partial charge on any atom is -0.465 e. The normalized spacial score (nSPS) is 16.3. The molecule has 1 heterocycles. The van der Waals surface area contributed by atoms with Crippen LogP contribution in [0.25, 0.3) is 0 Å². The van der Waals surface area contributed by atoms with E-state index in [0.717, 1.165) is 0 Å². The van der Waals surface area contributed by atoms with Gasteiger partial charge in [0.1, 0.15) is 12.9 Å². The molecule has 0 aromatic carbocycles. The van der Waals surface area contributed by atoms with Crippen molar-refractivity contribution in [2.75, 3.05) is 13.7 Å². The first-order valence-electron chi connectivity index (χ1n) is 3.08. The molecule has 0 saturated heterocycles. The summed E-state index contributed by atoms with van der Waals surface area (Å²) in [5.74, 6) is -0.438. The van der Waals surface area contributed by atoms with E-state index >= 15 is 0 Å². The van der Waals surface area contributed by atoms with Gasteiger partial charge in [-0.1, -0.05) is 6.08 Å². The fourth-order valence-corrected chi connectivity index (χ4v) is 0.613. The summed E-state index contributed by atoms with van der Waals surface area (Å²) in [6.45, 7) is 0.330. The van der Waals surface area contributed by atoms with Gasteiger partial charge in [0.05, 0.1) is 12.7 Å². The maximum atomic E-state index is 10.8. The molecule has 1 aliphatic rings. The molecule has 1 aliphatic heterocycles. The van der Waals surface area contributed by atoms with Gasteiger partial charge in [-0.05, 0) is 6.08 Å². The summed E-state index contributed by atoms with van der Waals surface area (Å²) >= 11 is 0. The summed E-state index contributed by atoms with van der Waals surface area (Å²) < 4.78 is 4.45. The van der Waals surface area contributed by atoms with Gasteiger partial charge in [-0.15, -0.1) is 0 Å². The zero-order valence-corrected chi connectivity index (χ0v) is 6.07. The van der Waals surface area contributed by atoms with E-state index in [0.29, 0.717) is 12.2 Å². The highest BCUT2D eigenvalue weighted by molar-refractivity contribution is 5.91. The van der Waals surface area contributed by atoms with Gasteiger partial charge in [-0.2, -0.15) is 4.89 Å². The topological polar surface area (TPSA) is 44.8 Å². The first kappa shape index (κ1) is 7.81. The molecule has 1 rings (SSSR count).